The zero-order chi connectivity index (χ0) is 18.8. The van der Waals surface area contributed by atoms with Crippen LogP contribution in [0.1, 0.15) is 36.1 Å². The summed E-state index contributed by atoms with van der Waals surface area (Å²) in [6, 6.07) is 10.2. The number of fused-ring (bicyclic) bond motifs is 1. The van der Waals surface area contributed by atoms with Gasteiger partial charge in [-0.05, 0) is 37.5 Å². The summed E-state index contributed by atoms with van der Waals surface area (Å²) in [7, 11) is 0. The first-order chi connectivity index (χ1) is 13.1. The van der Waals surface area contributed by atoms with E-state index in [-0.39, 0.29) is 5.91 Å². The Bertz CT molecular complexity index is 959. The van der Waals surface area contributed by atoms with Crippen molar-refractivity contribution in [2.24, 2.45) is 0 Å². The number of hydrogen-bond acceptors (Lipinski definition) is 5. The molecule has 0 radical (unpaired) electrons. The summed E-state index contributed by atoms with van der Waals surface area (Å²) in [5.74, 6) is 1.06. The zero-order valence-electron chi connectivity index (χ0n) is 15.7. The fourth-order valence-electron chi connectivity index (χ4n) is 3.50. The molecular formula is C20H23N5O2. The van der Waals surface area contributed by atoms with Gasteiger partial charge in [0.15, 0.2) is 0 Å². The molecule has 3 aromatic rings. The highest BCUT2D eigenvalue weighted by Crippen LogP contribution is 2.21. The number of aromatic nitrogens is 4. The van der Waals surface area contributed by atoms with Crippen LogP contribution in [0.15, 0.2) is 34.7 Å². The van der Waals surface area contributed by atoms with Crippen LogP contribution >= 0.6 is 0 Å². The van der Waals surface area contributed by atoms with Crippen LogP contribution < -0.4 is 0 Å². The molecule has 7 heteroatoms. The van der Waals surface area contributed by atoms with Gasteiger partial charge in [0.25, 0.3) is 5.89 Å². The molecule has 0 aliphatic carbocycles. The summed E-state index contributed by atoms with van der Waals surface area (Å²) in [5, 5.41) is 12.6. The third-order valence-electron chi connectivity index (χ3n) is 4.92. The van der Waals surface area contributed by atoms with E-state index in [1.165, 1.54) is 11.1 Å². The monoisotopic (exact) mass is 365 g/mol. The Balaban J connectivity index is 1.38. The molecule has 2 aromatic heterocycles. The topological polar surface area (TPSA) is 77.1 Å². The second kappa shape index (κ2) is 7.34. The Morgan fingerprint density at radius 1 is 1.22 bits per heavy atom. The molecule has 0 saturated heterocycles. The molecule has 0 bridgehead atoms. The van der Waals surface area contributed by atoms with Gasteiger partial charge in [0.2, 0.25) is 11.8 Å². The molecule has 1 aliphatic rings. The van der Waals surface area contributed by atoms with Gasteiger partial charge < -0.3 is 9.32 Å². The number of nitrogens with zero attached hydrogens (tertiary/aromatic N) is 5. The maximum absolute atomic E-state index is 12.6. The molecule has 4 rings (SSSR count). The first-order valence-electron chi connectivity index (χ1n) is 9.36. The van der Waals surface area contributed by atoms with Crippen LogP contribution in [0.5, 0.6) is 0 Å². The van der Waals surface area contributed by atoms with Gasteiger partial charge in [-0.2, -0.15) is 5.10 Å². The lowest BCUT2D eigenvalue weighted by atomic mass is 9.99. The number of rotatable bonds is 5. The van der Waals surface area contributed by atoms with E-state index < -0.39 is 0 Å². The van der Waals surface area contributed by atoms with Gasteiger partial charge in [0.05, 0.1) is 5.69 Å². The van der Waals surface area contributed by atoms with Crippen LogP contribution in [-0.2, 0) is 30.7 Å². The lowest BCUT2D eigenvalue weighted by molar-refractivity contribution is -0.132. The Labute approximate surface area is 158 Å². The molecule has 1 aliphatic heterocycles. The van der Waals surface area contributed by atoms with Crippen LogP contribution in [0, 0.1) is 6.92 Å². The molecule has 0 unspecified atom stereocenters. The average Bonchev–Trinajstić information content (AvgIpc) is 3.31. The maximum atomic E-state index is 12.6. The van der Waals surface area contributed by atoms with E-state index in [2.05, 4.69) is 33.5 Å². The number of benzene rings is 1. The molecule has 1 amide bonds. The fourth-order valence-corrected chi connectivity index (χ4v) is 3.50. The van der Waals surface area contributed by atoms with E-state index in [1.54, 1.807) is 0 Å². The highest BCUT2D eigenvalue weighted by atomic mass is 16.4. The molecule has 0 fully saturated rings. The Hall–Kier alpha value is -2.96. The van der Waals surface area contributed by atoms with Crippen molar-refractivity contribution >= 4 is 5.91 Å². The molecule has 0 atom stereocenters. The van der Waals surface area contributed by atoms with Crippen molar-refractivity contribution in [3.05, 3.63) is 53.0 Å². The molecule has 0 spiro atoms. The standard InChI is InChI=1S/C20H23N5O2/c1-3-25-17(12-14(2)23-25)20-22-21-18(27-20)8-9-19(26)24-11-10-15-6-4-5-7-16(15)13-24/h4-7,12H,3,8-11,13H2,1-2H3. The van der Waals surface area contributed by atoms with E-state index in [9.17, 15) is 4.79 Å². The van der Waals surface area contributed by atoms with Crippen LogP contribution in [0.3, 0.4) is 0 Å². The number of aryl methyl sites for hydroxylation is 3. The molecule has 27 heavy (non-hydrogen) atoms. The van der Waals surface area contributed by atoms with Gasteiger partial charge >= 0.3 is 0 Å². The summed E-state index contributed by atoms with van der Waals surface area (Å²) >= 11 is 0. The van der Waals surface area contributed by atoms with Gasteiger partial charge in [0.1, 0.15) is 5.69 Å². The Morgan fingerprint density at radius 2 is 2.04 bits per heavy atom. The van der Waals surface area contributed by atoms with Crippen molar-refractivity contribution in [2.75, 3.05) is 6.54 Å². The lowest BCUT2D eigenvalue weighted by Gasteiger charge is -2.28. The van der Waals surface area contributed by atoms with Crippen molar-refractivity contribution < 1.29 is 9.21 Å². The van der Waals surface area contributed by atoms with Gasteiger partial charge in [0, 0.05) is 32.5 Å². The summed E-state index contributed by atoms with van der Waals surface area (Å²) in [6.45, 7) is 6.12. The van der Waals surface area contributed by atoms with Gasteiger partial charge in [-0.25, -0.2) is 0 Å². The van der Waals surface area contributed by atoms with E-state index >= 15 is 0 Å². The minimum Gasteiger partial charge on any atom is -0.419 e. The van der Waals surface area contributed by atoms with Gasteiger partial charge in [-0.15, -0.1) is 10.2 Å². The predicted octanol–water partition coefficient (Wildman–Crippen LogP) is 2.78. The number of carbonyl (C=O) groups excluding carboxylic acids is 1. The number of amides is 1. The van der Waals surface area contributed by atoms with Gasteiger partial charge in [-0.3, -0.25) is 9.48 Å². The van der Waals surface area contributed by atoms with E-state index in [0.717, 1.165) is 30.9 Å². The second-order valence-electron chi connectivity index (χ2n) is 6.82. The molecule has 7 nitrogen and oxygen atoms in total. The first-order valence-corrected chi connectivity index (χ1v) is 9.36. The molecule has 3 heterocycles. The normalized spacial score (nSPS) is 13.6. The molecule has 1 aromatic carbocycles. The van der Waals surface area contributed by atoms with Crippen molar-refractivity contribution in [2.45, 2.75) is 46.2 Å². The second-order valence-corrected chi connectivity index (χ2v) is 6.82. The summed E-state index contributed by atoms with van der Waals surface area (Å²) in [6.07, 6.45) is 1.73. The average molecular weight is 365 g/mol. The van der Waals surface area contributed by atoms with Crippen LogP contribution in [0.2, 0.25) is 0 Å². The quantitative estimate of drug-likeness (QED) is 0.695. The Morgan fingerprint density at radius 3 is 2.85 bits per heavy atom. The smallest absolute Gasteiger partial charge is 0.265 e. The zero-order valence-corrected chi connectivity index (χ0v) is 15.7. The third kappa shape index (κ3) is 3.63. The predicted molar refractivity (Wildman–Crippen MR) is 99.8 cm³/mol. The van der Waals surface area contributed by atoms with Crippen LogP contribution in [0.4, 0.5) is 0 Å². The van der Waals surface area contributed by atoms with Crippen molar-refractivity contribution in [1.29, 1.82) is 0 Å². The largest absolute Gasteiger partial charge is 0.419 e. The van der Waals surface area contributed by atoms with E-state index in [1.807, 2.05) is 35.6 Å². The third-order valence-corrected chi connectivity index (χ3v) is 4.92. The molecule has 0 N–H and O–H groups in total. The van der Waals surface area contributed by atoms with Crippen molar-refractivity contribution in [3.63, 3.8) is 0 Å². The summed E-state index contributed by atoms with van der Waals surface area (Å²) in [4.78, 5) is 14.5. The number of hydrogen-bond donors (Lipinski definition) is 0. The van der Waals surface area contributed by atoms with E-state index in [4.69, 9.17) is 4.42 Å². The molecular weight excluding hydrogens is 342 g/mol. The van der Waals surface area contributed by atoms with Crippen molar-refractivity contribution in [1.82, 2.24) is 24.9 Å². The summed E-state index contributed by atoms with van der Waals surface area (Å²) < 4.78 is 7.60. The Kier molecular flexibility index (Phi) is 4.75. The maximum Gasteiger partial charge on any atom is 0.265 e. The van der Waals surface area contributed by atoms with Crippen LogP contribution in [0.25, 0.3) is 11.6 Å². The highest BCUT2D eigenvalue weighted by molar-refractivity contribution is 5.76. The highest BCUT2D eigenvalue weighted by Gasteiger charge is 2.21. The van der Waals surface area contributed by atoms with Gasteiger partial charge in [-0.1, -0.05) is 24.3 Å². The first kappa shape index (κ1) is 17.5. The van der Waals surface area contributed by atoms with E-state index in [0.29, 0.717) is 31.2 Å². The minimum atomic E-state index is 0.124. The lowest BCUT2D eigenvalue weighted by Crippen LogP contribution is -2.36. The van der Waals surface area contributed by atoms with Crippen LogP contribution in [-0.4, -0.2) is 37.3 Å². The SMILES string of the molecule is CCn1nc(C)cc1-c1nnc(CCC(=O)N2CCc3ccccc3C2)o1. The minimum absolute atomic E-state index is 0.124. The molecule has 140 valence electrons. The molecule has 0 saturated carbocycles. The summed E-state index contributed by atoms with van der Waals surface area (Å²) in [5.41, 5.74) is 4.30. The van der Waals surface area contributed by atoms with Crippen molar-refractivity contribution in [3.8, 4) is 11.6 Å². The number of carbonyl (C=O) groups is 1. The fraction of sp³-hybridized carbons (Fsp3) is 0.400.